The van der Waals surface area contributed by atoms with E-state index in [2.05, 4.69) is 32.2 Å². The van der Waals surface area contributed by atoms with E-state index in [1.54, 1.807) is 12.1 Å². The number of halogens is 2. The molecule has 2 bridgehead atoms. The van der Waals surface area contributed by atoms with Crippen LogP contribution in [0.1, 0.15) is 56.1 Å². The van der Waals surface area contributed by atoms with Crippen LogP contribution in [0.3, 0.4) is 0 Å². The summed E-state index contributed by atoms with van der Waals surface area (Å²) in [4.78, 5) is 23.9. The first kappa shape index (κ1) is 20.7. The van der Waals surface area contributed by atoms with Crippen LogP contribution in [0.25, 0.3) is 11.0 Å². The van der Waals surface area contributed by atoms with Crippen LogP contribution >= 0.6 is 23.2 Å². The molecular weight excluding hydrogens is 429 g/mol. The van der Waals surface area contributed by atoms with Crippen molar-refractivity contribution in [2.75, 3.05) is 5.32 Å². The highest BCUT2D eigenvalue weighted by molar-refractivity contribution is 6.42. The monoisotopic (exact) mass is 453 g/mol. The van der Waals surface area contributed by atoms with Crippen LogP contribution in [0.2, 0.25) is 10.0 Å². The molecule has 4 nitrogen and oxygen atoms in total. The number of rotatable bonds is 2. The van der Waals surface area contributed by atoms with Crippen molar-refractivity contribution in [3.8, 4) is 0 Å². The summed E-state index contributed by atoms with van der Waals surface area (Å²) < 4.78 is 0. The van der Waals surface area contributed by atoms with Crippen LogP contribution < -0.4 is 5.32 Å². The summed E-state index contributed by atoms with van der Waals surface area (Å²) in [6.45, 7) is 10.6. The van der Waals surface area contributed by atoms with Crippen molar-refractivity contribution in [1.82, 2.24) is 9.97 Å². The maximum atomic E-state index is 14.0. The van der Waals surface area contributed by atoms with Gasteiger partial charge in [0.2, 0.25) is 5.91 Å². The third-order valence-electron chi connectivity index (χ3n) is 7.95. The van der Waals surface area contributed by atoms with Crippen LogP contribution in [0, 0.1) is 19.3 Å². The summed E-state index contributed by atoms with van der Waals surface area (Å²) in [7, 11) is 0. The van der Waals surface area contributed by atoms with E-state index in [4.69, 9.17) is 33.2 Å². The number of hydrogen-bond acceptors (Lipinski definition) is 3. The molecule has 0 aliphatic heterocycles. The number of nitrogens with one attached hydrogen (secondary N) is 1. The molecule has 2 unspecified atom stereocenters. The fourth-order valence-electron chi connectivity index (χ4n) is 5.89. The normalized spacial score (nSPS) is 25.6. The standard InChI is InChI=1S/C25H25Cl2N3O/c1-13-8-14(2)10-15(9-13)28-22(31)25-7-6-24(5,23(25,3)4)20-21(25)30-19-12-17(27)16(26)11-18(19)29-20/h8-12H,6-7H2,1-5H3,(H,28,31). The van der Waals surface area contributed by atoms with Gasteiger partial charge in [-0.3, -0.25) is 4.79 Å². The minimum Gasteiger partial charge on any atom is -0.325 e. The molecule has 2 atom stereocenters. The van der Waals surface area contributed by atoms with Crippen molar-refractivity contribution in [3.63, 3.8) is 0 Å². The Kier molecular flexibility index (Phi) is 4.30. The first-order valence-electron chi connectivity index (χ1n) is 10.6. The smallest absolute Gasteiger partial charge is 0.237 e. The Hall–Kier alpha value is -2.17. The minimum atomic E-state index is -0.762. The second-order valence-electron chi connectivity index (χ2n) is 9.87. The summed E-state index contributed by atoms with van der Waals surface area (Å²) in [5, 5.41) is 4.10. The van der Waals surface area contributed by atoms with Gasteiger partial charge in [0.05, 0.1) is 37.9 Å². The molecule has 1 amide bonds. The van der Waals surface area contributed by atoms with Crippen LogP contribution in [0.4, 0.5) is 5.69 Å². The average Bonchev–Trinajstić information content (AvgIpc) is 2.96. The Balaban J connectivity index is 1.71. The van der Waals surface area contributed by atoms with E-state index in [1.807, 2.05) is 26.0 Å². The minimum absolute atomic E-state index is 0.0151. The number of carbonyl (C=O) groups excluding carboxylic acids is 1. The number of aromatic nitrogens is 2. The van der Waals surface area contributed by atoms with Gasteiger partial charge in [0.1, 0.15) is 0 Å². The van der Waals surface area contributed by atoms with Gasteiger partial charge in [0.25, 0.3) is 0 Å². The molecule has 5 rings (SSSR count). The van der Waals surface area contributed by atoms with Crippen molar-refractivity contribution in [2.24, 2.45) is 5.41 Å². The molecule has 0 spiro atoms. The molecule has 2 aromatic carbocycles. The lowest BCUT2D eigenvalue weighted by molar-refractivity contribution is -0.125. The number of fused-ring (bicyclic) bond motifs is 6. The van der Waals surface area contributed by atoms with Gasteiger partial charge in [0.15, 0.2) is 0 Å². The molecule has 31 heavy (non-hydrogen) atoms. The fourth-order valence-corrected chi connectivity index (χ4v) is 6.20. The lowest BCUT2D eigenvalue weighted by atomic mass is 9.63. The molecule has 1 N–H and O–H groups in total. The highest BCUT2D eigenvalue weighted by Crippen LogP contribution is 2.70. The first-order valence-corrected chi connectivity index (χ1v) is 11.3. The maximum absolute atomic E-state index is 14.0. The van der Waals surface area contributed by atoms with Crippen molar-refractivity contribution in [3.05, 3.63) is 62.9 Å². The number of hydrogen-bond donors (Lipinski definition) is 1. The molecule has 6 heteroatoms. The average molecular weight is 454 g/mol. The van der Waals surface area contributed by atoms with Gasteiger partial charge in [0, 0.05) is 11.1 Å². The highest BCUT2D eigenvalue weighted by Gasteiger charge is 2.73. The van der Waals surface area contributed by atoms with Gasteiger partial charge in [-0.05, 0) is 67.5 Å². The molecule has 2 aliphatic carbocycles. The Morgan fingerprint density at radius 1 is 0.871 bits per heavy atom. The Labute approximate surface area is 192 Å². The van der Waals surface area contributed by atoms with Crippen molar-refractivity contribution < 1.29 is 4.79 Å². The third kappa shape index (κ3) is 2.58. The summed E-state index contributed by atoms with van der Waals surface area (Å²) in [6.07, 6.45) is 1.62. The number of carbonyl (C=O) groups is 1. The van der Waals surface area contributed by atoms with Crippen molar-refractivity contribution >= 4 is 45.8 Å². The van der Waals surface area contributed by atoms with E-state index in [0.29, 0.717) is 21.1 Å². The zero-order chi connectivity index (χ0) is 22.3. The number of benzene rings is 2. The fraction of sp³-hybridized carbons (Fsp3) is 0.400. The van der Waals surface area contributed by atoms with E-state index in [-0.39, 0.29) is 16.7 Å². The quantitative estimate of drug-likeness (QED) is 0.480. The Morgan fingerprint density at radius 3 is 2.00 bits per heavy atom. The highest BCUT2D eigenvalue weighted by atomic mass is 35.5. The van der Waals surface area contributed by atoms with E-state index in [9.17, 15) is 4.79 Å². The molecule has 1 saturated carbocycles. The summed E-state index contributed by atoms with van der Waals surface area (Å²) in [5.41, 5.74) is 4.75. The van der Waals surface area contributed by atoms with Gasteiger partial charge in [-0.2, -0.15) is 0 Å². The summed E-state index contributed by atoms with van der Waals surface area (Å²) in [6, 6.07) is 9.61. The van der Waals surface area contributed by atoms with Gasteiger partial charge < -0.3 is 5.32 Å². The van der Waals surface area contributed by atoms with Gasteiger partial charge in [-0.25, -0.2) is 9.97 Å². The summed E-state index contributed by atoms with van der Waals surface area (Å²) in [5.74, 6) is -0.0151. The van der Waals surface area contributed by atoms with E-state index in [0.717, 1.165) is 41.0 Å². The molecule has 3 aromatic rings. The second kappa shape index (κ2) is 6.43. The molecule has 1 fully saturated rings. The van der Waals surface area contributed by atoms with Gasteiger partial charge in [-0.15, -0.1) is 0 Å². The third-order valence-corrected chi connectivity index (χ3v) is 8.67. The molecule has 0 saturated heterocycles. The predicted octanol–water partition coefficient (Wildman–Crippen LogP) is 6.52. The predicted molar refractivity (Wildman–Crippen MR) is 126 cm³/mol. The van der Waals surface area contributed by atoms with Gasteiger partial charge >= 0.3 is 0 Å². The van der Waals surface area contributed by atoms with Crippen LogP contribution in [-0.4, -0.2) is 15.9 Å². The Morgan fingerprint density at radius 2 is 1.42 bits per heavy atom. The lowest BCUT2D eigenvalue weighted by Gasteiger charge is -2.39. The zero-order valence-corrected chi connectivity index (χ0v) is 19.9. The zero-order valence-electron chi connectivity index (χ0n) is 18.4. The number of nitrogens with zero attached hydrogens (tertiary/aromatic N) is 2. The summed E-state index contributed by atoms with van der Waals surface area (Å²) >= 11 is 12.5. The van der Waals surface area contributed by atoms with Crippen molar-refractivity contribution in [2.45, 2.75) is 58.3 Å². The van der Waals surface area contributed by atoms with Crippen LogP contribution in [-0.2, 0) is 15.6 Å². The second-order valence-corrected chi connectivity index (χ2v) is 10.7. The molecule has 160 valence electrons. The first-order chi connectivity index (χ1) is 14.5. The van der Waals surface area contributed by atoms with E-state index >= 15 is 0 Å². The SMILES string of the molecule is Cc1cc(C)cc(NC(=O)C23CCC(C)(c4nc5cc(Cl)c(Cl)cc5nc42)C3(C)C)c1. The lowest BCUT2D eigenvalue weighted by Crippen LogP contribution is -2.48. The van der Waals surface area contributed by atoms with Crippen molar-refractivity contribution in [1.29, 1.82) is 0 Å². The topological polar surface area (TPSA) is 54.9 Å². The molecule has 1 heterocycles. The molecule has 2 aliphatic rings. The maximum Gasteiger partial charge on any atom is 0.237 e. The van der Waals surface area contributed by atoms with Crippen LogP contribution in [0.15, 0.2) is 30.3 Å². The van der Waals surface area contributed by atoms with E-state index < -0.39 is 5.41 Å². The van der Waals surface area contributed by atoms with Gasteiger partial charge in [-0.1, -0.05) is 50.0 Å². The Bertz CT molecular complexity index is 1270. The molecule has 1 aromatic heterocycles. The number of amides is 1. The number of aryl methyl sites for hydroxylation is 2. The molecular formula is C25H25Cl2N3O. The van der Waals surface area contributed by atoms with Crippen LogP contribution in [0.5, 0.6) is 0 Å². The largest absolute Gasteiger partial charge is 0.325 e. The number of anilines is 1. The molecule has 0 radical (unpaired) electrons. The van der Waals surface area contributed by atoms with E-state index in [1.165, 1.54) is 0 Å².